The molecule has 6 nitrogen and oxygen atoms in total. The molecule has 1 aliphatic heterocycles. The number of benzene rings is 1. The second-order valence-electron chi connectivity index (χ2n) is 8.74. The fourth-order valence-electron chi connectivity index (χ4n) is 3.96. The van der Waals surface area contributed by atoms with Gasteiger partial charge in [-0.05, 0) is 52.7 Å². The van der Waals surface area contributed by atoms with E-state index in [1.54, 1.807) is 11.2 Å². The molecule has 1 saturated heterocycles. The van der Waals surface area contributed by atoms with Crippen LogP contribution in [0, 0.1) is 12.3 Å². The van der Waals surface area contributed by atoms with Gasteiger partial charge in [0.15, 0.2) is 0 Å². The van der Waals surface area contributed by atoms with Crippen LogP contribution >= 0.6 is 15.9 Å². The molecule has 1 spiro atoms. The first-order valence-corrected chi connectivity index (χ1v) is 9.99. The predicted octanol–water partition coefficient (Wildman–Crippen LogP) is 4.48. The number of carbonyl (C=O) groups is 1. The maximum Gasteiger partial charge on any atom is 0.410 e. The standard InChI is InChI=1S/C20H24BrN3O3/c1-12-15-5-13(21)6-16(17(15)23-11-22-12)26-14-7-20(8-14)9-24(10-20)18(25)27-19(2,3)4/h5-6,11,14H,7-10H2,1-4H3. The number of carbonyl (C=O) groups excluding carboxylic acids is 1. The number of ether oxygens (including phenoxy) is 2. The van der Waals surface area contributed by atoms with E-state index in [9.17, 15) is 4.79 Å². The molecule has 0 unspecified atom stereocenters. The summed E-state index contributed by atoms with van der Waals surface area (Å²) in [5.74, 6) is 0.785. The van der Waals surface area contributed by atoms with Gasteiger partial charge in [0.2, 0.25) is 0 Å². The molecule has 1 aromatic heterocycles. The molecule has 2 aliphatic rings. The second kappa shape index (κ2) is 6.33. The zero-order chi connectivity index (χ0) is 19.4. The van der Waals surface area contributed by atoms with Gasteiger partial charge >= 0.3 is 6.09 Å². The van der Waals surface area contributed by atoms with Gasteiger partial charge in [0, 0.05) is 34.1 Å². The summed E-state index contributed by atoms with van der Waals surface area (Å²) in [7, 11) is 0. The molecule has 7 heteroatoms. The molecule has 0 N–H and O–H groups in total. The van der Waals surface area contributed by atoms with Crippen LogP contribution in [-0.4, -0.2) is 45.8 Å². The lowest BCUT2D eigenvalue weighted by Gasteiger charge is -2.58. The van der Waals surface area contributed by atoms with Gasteiger partial charge in [0.1, 0.15) is 29.3 Å². The van der Waals surface area contributed by atoms with Gasteiger partial charge in [-0.1, -0.05) is 15.9 Å². The lowest BCUT2D eigenvalue weighted by atomic mass is 9.62. The van der Waals surface area contributed by atoms with Gasteiger partial charge in [0.25, 0.3) is 0 Å². The van der Waals surface area contributed by atoms with Crippen molar-refractivity contribution < 1.29 is 14.3 Å². The summed E-state index contributed by atoms with van der Waals surface area (Å²) in [6.45, 7) is 9.15. The minimum absolute atomic E-state index is 0.151. The number of fused-ring (bicyclic) bond motifs is 1. The fourth-order valence-corrected chi connectivity index (χ4v) is 4.40. The van der Waals surface area contributed by atoms with Crippen LogP contribution in [-0.2, 0) is 4.74 Å². The summed E-state index contributed by atoms with van der Waals surface area (Å²) in [6.07, 6.45) is 3.40. The Morgan fingerprint density at radius 2 is 1.96 bits per heavy atom. The highest BCUT2D eigenvalue weighted by atomic mass is 79.9. The molecule has 0 radical (unpaired) electrons. The summed E-state index contributed by atoms with van der Waals surface area (Å²) >= 11 is 3.55. The first-order valence-electron chi connectivity index (χ1n) is 9.20. The van der Waals surface area contributed by atoms with E-state index in [1.165, 1.54) is 0 Å². The minimum Gasteiger partial charge on any atom is -0.488 e. The first-order chi connectivity index (χ1) is 12.6. The molecule has 4 rings (SSSR count). The summed E-state index contributed by atoms with van der Waals surface area (Å²) in [5, 5.41) is 0.996. The smallest absolute Gasteiger partial charge is 0.410 e. The Hall–Kier alpha value is -1.89. The van der Waals surface area contributed by atoms with Gasteiger partial charge in [-0.2, -0.15) is 0 Å². The molecular weight excluding hydrogens is 410 g/mol. The molecule has 2 aromatic rings. The van der Waals surface area contributed by atoms with E-state index in [0.29, 0.717) is 0 Å². The summed E-state index contributed by atoms with van der Waals surface area (Å²) in [5.41, 5.74) is 1.51. The number of rotatable bonds is 2. The van der Waals surface area contributed by atoms with E-state index in [4.69, 9.17) is 9.47 Å². The average Bonchev–Trinajstić information content (AvgIpc) is 2.47. The molecule has 2 fully saturated rings. The average molecular weight is 434 g/mol. The SMILES string of the molecule is Cc1ncnc2c(OC3CC4(C3)CN(C(=O)OC(C)(C)C)C4)cc(Br)cc12. The number of likely N-dealkylation sites (tertiary alicyclic amines) is 1. The van der Waals surface area contributed by atoms with Crippen molar-refractivity contribution in [3.8, 4) is 5.75 Å². The lowest BCUT2D eigenvalue weighted by molar-refractivity contribution is -0.116. The van der Waals surface area contributed by atoms with Crippen molar-refractivity contribution in [3.63, 3.8) is 0 Å². The van der Waals surface area contributed by atoms with Crippen LogP contribution in [0.25, 0.3) is 10.9 Å². The van der Waals surface area contributed by atoms with Crippen molar-refractivity contribution in [1.82, 2.24) is 14.9 Å². The van der Waals surface area contributed by atoms with Crippen molar-refractivity contribution >= 4 is 32.9 Å². The highest BCUT2D eigenvalue weighted by Gasteiger charge is 2.55. The van der Waals surface area contributed by atoms with Gasteiger partial charge in [-0.15, -0.1) is 0 Å². The molecule has 1 amide bonds. The molecule has 0 bridgehead atoms. The summed E-state index contributed by atoms with van der Waals surface area (Å²) < 4.78 is 12.6. The number of hydrogen-bond donors (Lipinski definition) is 0. The van der Waals surface area contributed by atoms with Crippen LogP contribution in [0.1, 0.15) is 39.3 Å². The molecule has 2 heterocycles. The Labute approximate surface area is 167 Å². The molecular formula is C20H24BrN3O3. The van der Waals surface area contributed by atoms with Crippen LogP contribution in [0.3, 0.4) is 0 Å². The van der Waals surface area contributed by atoms with Crippen molar-refractivity contribution in [2.75, 3.05) is 13.1 Å². The van der Waals surface area contributed by atoms with Crippen LogP contribution in [0.15, 0.2) is 22.9 Å². The first kappa shape index (κ1) is 18.5. The van der Waals surface area contributed by atoms with Gasteiger partial charge in [0.05, 0.1) is 0 Å². The van der Waals surface area contributed by atoms with Crippen molar-refractivity contribution in [3.05, 3.63) is 28.6 Å². The van der Waals surface area contributed by atoms with E-state index in [2.05, 4.69) is 25.9 Å². The highest BCUT2D eigenvalue weighted by molar-refractivity contribution is 9.10. The van der Waals surface area contributed by atoms with Crippen molar-refractivity contribution in [2.45, 2.75) is 52.2 Å². The van der Waals surface area contributed by atoms with Crippen LogP contribution in [0.5, 0.6) is 5.75 Å². The Balaban J connectivity index is 1.38. The molecule has 144 valence electrons. The highest BCUT2D eigenvalue weighted by Crippen LogP contribution is 2.50. The third-order valence-electron chi connectivity index (χ3n) is 5.19. The number of hydrogen-bond acceptors (Lipinski definition) is 5. The van der Waals surface area contributed by atoms with Crippen LogP contribution < -0.4 is 4.74 Å². The molecule has 27 heavy (non-hydrogen) atoms. The third kappa shape index (κ3) is 3.61. The van der Waals surface area contributed by atoms with E-state index in [0.717, 1.165) is 52.8 Å². The van der Waals surface area contributed by atoms with E-state index < -0.39 is 5.60 Å². The predicted molar refractivity (Wildman–Crippen MR) is 106 cm³/mol. The molecule has 1 aromatic carbocycles. The Kier molecular flexibility index (Phi) is 4.33. The molecule has 1 saturated carbocycles. The van der Waals surface area contributed by atoms with E-state index in [-0.39, 0.29) is 17.6 Å². The van der Waals surface area contributed by atoms with Crippen molar-refractivity contribution in [2.24, 2.45) is 5.41 Å². The zero-order valence-corrected chi connectivity index (χ0v) is 17.7. The summed E-state index contributed by atoms with van der Waals surface area (Å²) in [4.78, 5) is 22.6. The normalized spacial score (nSPS) is 18.9. The van der Waals surface area contributed by atoms with Gasteiger partial charge in [-0.3, -0.25) is 0 Å². The maximum absolute atomic E-state index is 12.1. The third-order valence-corrected chi connectivity index (χ3v) is 5.64. The van der Waals surface area contributed by atoms with Crippen molar-refractivity contribution in [1.29, 1.82) is 0 Å². The number of aryl methyl sites for hydroxylation is 1. The lowest BCUT2D eigenvalue weighted by Crippen LogP contribution is -2.66. The molecule has 0 atom stereocenters. The number of halogens is 1. The van der Waals surface area contributed by atoms with Crippen LogP contribution in [0.2, 0.25) is 0 Å². The Morgan fingerprint density at radius 3 is 2.63 bits per heavy atom. The van der Waals surface area contributed by atoms with Gasteiger partial charge in [-0.25, -0.2) is 14.8 Å². The Morgan fingerprint density at radius 1 is 1.26 bits per heavy atom. The minimum atomic E-state index is -0.452. The topological polar surface area (TPSA) is 64.6 Å². The summed E-state index contributed by atoms with van der Waals surface area (Å²) in [6, 6.07) is 3.98. The van der Waals surface area contributed by atoms with E-state index in [1.807, 2.05) is 39.8 Å². The number of amides is 1. The van der Waals surface area contributed by atoms with E-state index >= 15 is 0 Å². The monoisotopic (exact) mass is 433 g/mol. The second-order valence-corrected chi connectivity index (χ2v) is 9.66. The largest absolute Gasteiger partial charge is 0.488 e. The van der Waals surface area contributed by atoms with Gasteiger partial charge < -0.3 is 14.4 Å². The molecule has 1 aliphatic carbocycles. The zero-order valence-electron chi connectivity index (χ0n) is 16.1. The number of nitrogens with zero attached hydrogens (tertiary/aromatic N) is 3. The maximum atomic E-state index is 12.1. The quantitative estimate of drug-likeness (QED) is 0.698. The number of aromatic nitrogens is 2. The van der Waals surface area contributed by atoms with Crippen LogP contribution in [0.4, 0.5) is 4.79 Å². The fraction of sp³-hybridized carbons (Fsp3) is 0.550. The Bertz CT molecular complexity index is 895.